The second kappa shape index (κ2) is 15.8. The van der Waals surface area contributed by atoms with Crippen LogP contribution in [-0.4, -0.2) is 93.1 Å². The fourth-order valence-electron chi connectivity index (χ4n) is 8.92. The number of methoxy groups -OCH3 is 2. The number of fused-ring (bicyclic) bond motifs is 3. The lowest BCUT2D eigenvalue weighted by Gasteiger charge is -2.34. The lowest BCUT2D eigenvalue weighted by Crippen LogP contribution is -2.51. The molecule has 1 aliphatic carbocycles. The molecule has 0 radical (unpaired) electrons. The Balaban J connectivity index is 0.945. The summed E-state index contributed by atoms with van der Waals surface area (Å²) in [4.78, 5) is 70.5. The minimum Gasteiger partial charge on any atom is -0.453 e. The van der Waals surface area contributed by atoms with Crippen molar-refractivity contribution in [1.82, 2.24) is 40.4 Å². The summed E-state index contributed by atoms with van der Waals surface area (Å²) in [6, 6.07) is 20.3. The van der Waals surface area contributed by atoms with Gasteiger partial charge in [0.1, 0.15) is 24.2 Å². The molecule has 0 spiro atoms. The number of aromatic nitrogens is 4. The van der Waals surface area contributed by atoms with E-state index in [2.05, 4.69) is 91.0 Å². The minimum atomic E-state index is -0.685. The molecule has 2 aromatic heterocycles. The number of nitrogens with one attached hydrogen (secondary N) is 4. The zero-order valence-electron chi connectivity index (χ0n) is 32.6. The molecule has 4 heterocycles. The number of carbonyl (C=O) groups is 4. The quantitative estimate of drug-likeness (QED) is 0.121. The number of alkyl carbamates (subject to hydrolysis) is 2. The SMILES string of the molecule is COC(=O)NCC(=O)N1C2CCC(C2)C1c1ncc(-c2ccc3cc(-c4ccc(-c5cnc(C6CCCN6C(=O)C(NC(=O)OC)C(C)C)[nH]5)cc4)ccc3c2)[nH]1. The third-order valence-electron chi connectivity index (χ3n) is 11.8. The summed E-state index contributed by atoms with van der Waals surface area (Å²) in [6.07, 6.45) is 7.00. The molecule has 4 amide bonds. The number of imidazole rings is 2. The Kier molecular flexibility index (Phi) is 10.4. The maximum Gasteiger partial charge on any atom is 0.407 e. The average Bonchev–Trinajstić information content (AvgIpc) is 4.09. The van der Waals surface area contributed by atoms with E-state index in [-0.39, 0.29) is 42.4 Å². The van der Waals surface area contributed by atoms with E-state index in [9.17, 15) is 19.2 Å². The highest BCUT2D eigenvalue weighted by molar-refractivity contribution is 5.91. The summed E-state index contributed by atoms with van der Waals surface area (Å²) in [5.74, 6) is 1.47. The normalized spacial score (nSPS) is 20.6. The number of rotatable bonds is 10. The third-order valence-corrected chi connectivity index (χ3v) is 11.8. The molecule has 5 unspecified atom stereocenters. The number of benzene rings is 3. The molecule has 1 saturated carbocycles. The number of amides is 4. The van der Waals surface area contributed by atoms with Crippen LogP contribution in [0.1, 0.15) is 69.7 Å². The van der Waals surface area contributed by atoms with Gasteiger partial charge in [0.2, 0.25) is 11.8 Å². The molecule has 2 aliphatic heterocycles. The Morgan fingerprint density at radius 1 is 0.789 bits per heavy atom. The molecule has 5 atom stereocenters. The predicted octanol–water partition coefficient (Wildman–Crippen LogP) is 6.74. The molecule has 14 nitrogen and oxygen atoms in total. The van der Waals surface area contributed by atoms with Crippen LogP contribution in [0.15, 0.2) is 73.1 Å². The molecule has 2 bridgehead atoms. The van der Waals surface area contributed by atoms with Crippen molar-refractivity contribution in [3.63, 3.8) is 0 Å². The van der Waals surface area contributed by atoms with Crippen LogP contribution in [0.4, 0.5) is 9.59 Å². The molecule has 2 saturated heterocycles. The van der Waals surface area contributed by atoms with Gasteiger partial charge >= 0.3 is 12.2 Å². The van der Waals surface area contributed by atoms with Crippen molar-refractivity contribution in [2.45, 2.75) is 70.1 Å². The van der Waals surface area contributed by atoms with Crippen molar-refractivity contribution < 1.29 is 28.7 Å². The highest BCUT2D eigenvalue weighted by Crippen LogP contribution is 2.49. The van der Waals surface area contributed by atoms with E-state index in [1.807, 2.05) is 36.0 Å². The summed E-state index contributed by atoms with van der Waals surface area (Å²) in [6.45, 7) is 4.30. The molecule has 4 N–H and O–H groups in total. The van der Waals surface area contributed by atoms with Crippen LogP contribution >= 0.6 is 0 Å². The second-order valence-electron chi connectivity index (χ2n) is 15.6. The zero-order chi connectivity index (χ0) is 39.8. The van der Waals surface area contributed by atoms with Crippen molar-refractivity contribution in [3.05, 3.63) is 84.7 Å². The number of piperidine rings is 1. The van der Waals surface area contributed by atoms with Gasteiger partial charge in [0.15, 0.2) is 0 Å². The van der Waals surface area contributed by atoms with Crippen molar-refractivity contribution in [2.24, 2.45) is 11.8 Å². The molecule has 14 heteroatoms. The Hall–Kier alpha value is -6.18. The van der Waals surface area contributed by atoms with Gasteiger partial charge in [-0.25, -0.2) is 19.6 Å². The Morgan fingerprint density at radius 2 is 1.42 bits per heavy atom. The van der Waals surface area contributed by atoms with Crippen LogP contribution in [0.3, 0.4) is 0 Å². The largest absolute Gasteiger partial charge is 0.453 e. The topological polar surface area (TPSA) is 175 Å². The first-order valence-electron chi connectivity index (χ1n) is 19.6. The van der Waals surface area contributed by atoms with Crippen molar-refractivity contribution >= 4 is 34.8 Å². The molecule has 3 fully saturated rings. The third kappa shape index (κ3) is 7.43. The Morgan fingerprint density at radius 3 is 2.14 bits per heavy atom. The molecular weight excluding hydrogens is 725 g/mol. The summed E-state index contributed by atoms with van der Waals surface area (Å²) < 4.78 is 9.41. The predicted molar refractivity (Wildman–Crippen MR) is 214 cm³/mol. The van der Waals surface area contributed by atoms with Crippen LogP contribution in [0.5, 0.6) is 0 Å². The van der Waals surface area contributed by atoms with E-state index in [0.717, 1.165) is 88.2 Å². The molecule has 296 valence electrons. The standard InChI is InChI=1S/C43H48N8O6/c1-24(2)37(49-43(55)57-4)41(53)50-17-5-6-35(50)39-44-21-33(47-39)26-9-7-25(8-10-26)27-11-12-29-19-30(14-13-28(29)18-27)34-22-45-40(48-34)38-31-15-16-32(20-31)51(38)36(52)23-46-42(54)56-3/h7-14,18-19,21-22,24,31-32,35,37-38H,5-6,15-17,20,23H2,1-4H3,(H,44,47)(H,45,48)(H,46,54)(H,49,55). The van der Waals surface area contributed by atoms with Gasteiger partial charge in [-0.05, 0) is 83.5 Å². The summed E-state index contributed by atoms with van der Waals surface area (Å²) >= 11 is 0. The summed E-state index contributed by atoms with van der Waals surface area (Å²) in [5, 5.41) is 7.43. The van der Waals surface area contributed by atoms with Gasteiger partial charge in [-0.2, -0.15) is 0 Å². The van der Waals surface area contributed by atoms with Gasteiger partial charge in [0.25, 0.3) is 0 Å². The Labute approximate surface area is 330 Å². The van der Waals surface area contributed by atoms with Crippen molar-refractivity contribution in [2.75, 3.05) is 27.3 Å². The molecule has 8 rings (SSSR count). The molecule has 57 heavy (non-hydrogen) atoms. The molecule has 3 aromatic carbocycles. The second-order valence-corrected chi connectivity index (χ2v) is 15.6. The van der Waals surface area contributed by atoms with Gasteiger partial charge < -0.3 is 39.9 Å². The van der Waals surface area contributed by atoms with E-state index < -0.39 is 18.2 Å². The zero-order valence-corrected chi connectivity index (χ0v) is 32.6. The van der Waals surface area contributed by atoms with Crippen LogP contribution in [0, 0.1) is 11.8 Å². The first kappa shape index (κ1) is 37.7. The summed E-state index contributed by atoms with van der Waals surface area (Å²) in [7, 11) is 2.57. The number of likely N-dealkylation sites (tertiary alicyclic amines) is 2. The van der Waals surface area contributed by atoms with E-state index in [4.69, 9.17) is 9.72 Å². The number of carbonyl (C=O) groups excluding carboxylic acids is 4. The highest BCUT2D eigenvalue weighted by Gasteiger charge is 2.49. The van der Waals surface area contributed by atoms with Crippen molar-refractivity contribution in [1.29, 1.82) is 0 Å². The number of ether oxygens (including phenoxy) is 2. The monoisotopic (exact) mass is 772 g/mol. The maximum absolute atomic E-state index is 13.6. The van der Waals surface area contributed by atoms with Gasteiger partial charge in [0.05, 0.1) is 50.1 Å². The van der Waals surface area contributed by atoms with E-state index in [1.54, 1.807) is 0 Å². The maximum atomic E-state index is 13.6. The first-order valence-corrected chi connectivity index (χ1v) is 19.6. The Bertz CT molecular complexity index is 2300. The van der Waals surface area contributed by atoms with Gasteiger partial charge in [-0.3, -0.25) is 9.59 Å². The number of H-pyrrole nitrogens is 2. The van der Waals surface area contributed by atoms with E-state index in [0.29, 0.717) is 12.5 Å². The molecule has 5 aromatic rings. The smallest absolute Gasteiger partial charge is 0.407 e. The lowest BCUT2D eigenvalue weighted by atomic mass is 9.97. The first-order chi connectivity index (χ1) is 27.6. The molecular formula is C43H48N8O6. The van der Waals surface area contributed by atoms with Gasteiger partial charge in [-0.15, -0.1) is 0 Å². The molecule has 3 aliphatic rings. The number of aromatic amines is 2. The number of hydrogen-bond donors (Lipinski definition) is 4. The van der Waals surface area contributed by atoms with Crippen molar-refractivity contribution in [3.8, 4) is 33.6 Å². The summed E-state index contributed by atoms with van der Waals surface area (Å²) in [5.41, 5.74) is 5.93. The van der Waals surface area contributed by atoms with Gasteiger partial charge in [0, 0.05) is 18.2 Å². The van der Waals surface area contributed by atoms with Crippen LogP contribution in [0.2, 0.25) is 0 Å². The average molecular weight is 773 g/mol. The number of nitrogens with zero attached hydrogens (tertiary/aromatic N) is 4. The number of hydrogen-bond acceptors (Lipinski definition) is 8. The fraction of sp³-hybridized carbons (Fsp3) is 0.395. The van der Waals surface area contributed by atoms with Crippen LogP contribution in [0.25, 0.3) is 44.4 Å². The van der Waals surface area contributed by atoms with Crippen LogP contribution in [-0.2, 0) is 19.1 Å². The van der Waals surface area contributed by atoms with Crippen LogP contribution < -0.4 is 10.6 Å². The van der Waals surface area contributed by atoms with E-state index in [1.165, 1.54) is 14.2 Å². The fourth-order valence-corrected chi connectivity index (χ4v) is 8.92. The van der Waals surface area contributed by atoms with E-state index >= 15 is 0 Å². The highest BCUT2D eigenvalue weighted by atomic mass is 16.5. The lowest BCUT2D eigenvalue weighted by molar-refractivity contribution is -0.136. The minimum absolute atomic E-state index is 0.102. The van der Waals surface area contributed by atoms with Gasteiger partial charge in [-0.1, -0.05) is 62.4 Å².